The second kappa shape index (κ2) is 8.25. The van der Waals surface area contributed by atoms with Crippen LogP contribution in [0.15, 0.2) is 64.3 Å². The number of amides is 1. The van der Waals surface area contributed by atoms with E-state index < -0.39 is 23.2 Å². The highest BCUT2D eigenvalue weighted by Gasteiger charge is 2.45. The van der Waals surface area contributed by atoms with Crippen molar-refractivity contribution in [1.29, 1.82) is 0 Å². The van der Waals surface area contributed by atoms with Crippen molar-refractivity contribution < 1.29 is 18.3 Å². The summed E-state index contributed by atoms with van der Waals surface area (Å²) in [5, 5.41) is 9.49. The lowest BCUT2D eigenvalue weighted by atomic mass is 9.98. The van der Waals surface area contributed by atoms with Gasteiger partial charge in [-0.05, 0) is 42.3 Å². The summed E-state index contributed by atoms with van der Waals surface area (Å²) >= 11 is 1.27. The molecule has 166 valence electrons. The Morgan fingerprint density at radius 1 is 1.24 bits per heavy atom. The average molecular weight is 463 g/mol. The minimum absolute atomic E-state index is 0.0685. The van der Waals surface area contributed by atoms with E-state index in [0.717, 1.165) is 11.1 Å². The van der Waals surface area contributed by atoms with Gasteiger partial charge in [-0.25, -0.2) is 4.39 Å². The molecular weight excluding hydrogens is 445 g/mol. The van der Waals surface area contributed by atoms with E-state index in [4.69, 9.17) is 9.15 Å². The van der Waals surface area contributed by atoms with Crippen LogP contribution in [0.1, 0.15) is 39.7 Å². The van der Waals surface area contributed by atoms with Crippen LogP contribution in [-0.4, -0.2) is 22.7 Å². The molecule has 5 rings (SSSR count). The third-order valence-electron chi connectivity index (χ3n) is 5.34. The van der Waals surface area contributed by atoms with Crippen molar-refractivity contribution in [2.75, 3.05) is 11.5 Å². The number of carbonyl (C=O) groups is 1. The Morgan fingerprint density at radius 2 is 2.09 bits per heavy atom. The summed E-state index contributed by atoms with van der Waals surface area (Å²) in [5.74, 6) is -0.607. The molecule has 1 amide bonds. The fourth-order valence-electron chi connectivity index (χ4n) is 3.87. The van der Waals surface area contributed by atoms with Crippen LogP contribution < -0.4 is 15.1 Å². The second-order valence-electron chi connectivity index (χ2n) is 7.40. The van der Waals surface area contributed by atoms with E-state index in [1.165, 1.54) is 28.4 Å². The molecule has 0 radical (unpaired) electrons. The molecule has 2 aromatic heterocycles. The van der Waals surface area contributed by atoms with Crippen LogP contribution in [-0.2, 0) is 6.42 Å². The minimum atomic E-state index is -0.832. The Balaban J connectivity index is 1.75. The molecule has 4 aromatic rings. The van der Waals surface area contributed by atoms with Gasteiger partial charge >= 0.3 is 0 Å². The number of ether oxygens (including phenoxy) is 1. The van der Waals surface area contributed by atoms with E-state index in [1.54, 1.807) is 30.3 Å². The molecule has 0 saturated heterocycles. The molecule has 0 N–H and O–H groups in total. The number of hydrogen-bond donors (Lipinski definition) is 0. The number of nitrogens with zero attached hydrogens (tertiary/aromatic N) is 3. The van der Waals surface area contributed by atoms with E-state index in [0.29, 0.717) is 29.5 Å². The van der Waals surface area contributed by atoms with Crippen LogP contribution in [0.2, 0.25) is 0 Å². The number of anilines is 1. The first-order valence-corrected chi connectivity index (χ1v) is 11.1. The van der Waals surface area contributed by atoms with E-state index in [2.05, 4.69) is 16.8 Å². The molecule has 0 aliphatic carbocycles. The number of benzene rings is 2. The molecule has 0 fully saturated rings. The molecule has 3 heterocycles. The molecule has 0 spiro atoms. The van der Waals surface area contributed by atoms with Gasteiger partial charge in [-0.15, -0.1) is 10.2 Å². The predicted molar refractivity (Wildman–Crippen MR) is 123 cm³/mol. The molecule has 1 atom stereocenters. The van der Waals surface area contributed by atoms with Gasteiger partial charge in [-0.1, -0.05) is 43.0 Å². The Morgan fingerprint density at radius 3 is 2.85 bits per heavy atom. The number of rotatable bonds is 6. The molecule has 33 heavy (non-hydrogen) atoms. The highest BCUT2D eigenvalue weighted by molar-refractivity contribution is 7.15. The summed E-state index contributed by atoms with van der Waals surface area (Å²) in [6.07, 6.45) is 2.28. The zero-order chi connectivity index (χ0) is 23.1. The third kappa shape index (κ3) is 3.50. The number of carbonyl (C=O) groups excluding carboxylic acids is 1. The zero-order valence-electron chi connectivity index (χ0n) is 17.6. The van der Waals surface area contributed by atoms with Crippen LogP contribution in [0.5, 0.6) is 5.75 Å². The first kappa shape index (κ1) is 21.0. The average Bonchev–Trinajstić information content (AvgIpc) is 3.41. The monoisotopic (exact) mass is 463 g/mol. The SMILES string of the molecule is C=CCOc1cccc(C2c3c(oc4ccc(F)cc4c3=O)C(=O)N2c2nnc(CC)s2)c1. The van der Waals surface area contributed by atoms with Crippen molar-refractivity contribution in [2.45, 2.75) is 19.4 Å². The first-order chi connectivity index (χ1) is 16.0. The third-order valence-corrected chi connectivity index (χ3v) is 6.41. The Labute approximate surface area is 191 Å². The van der Waals surface area contributed by atoms with Gasteiger partial charge in [0.25, 0.3) is 5.91 Å². The summed E-state index contributed by atoms with van der Waals surface area (Å²) in [5.41, 5.74) is 0.431. The molecule has 0 saturated carbocycles. The Hall–Kier alpha value is -3.85. The van der Waals surface area contributed by atoms with Gasteiger partial charge in [0, 0.05) is 0 Å². The molecule has 0 bridgehead atoms. The van der Waals surface area contributed by atoms with Crippen LogP contribution in [0, 0.1) is 5.82 Å². The van der Waals surface area contributed by atoms with Crippen molar-refractivity contribution in [1.82, 2.24) is 10.2 Å². The van der Waals surface area contributed by atoms with Crippen LogP contribution in [0.3, 0.4) is 0 Å². The summed E-state index contributed by atoms with van der Waals surface area (Å²) in [7, 11) is 0. The van der Waals surface area contributed by atoms with Crippen molar-refractivity contribution in [3.05, 3.63) is 93.1 Å². The van der Waals surface area contributed by atoms with Gasteiger partial charge in [-0.3, -0.25) is 14.5 Å². The van der Waals surface area contributed by atoms with Gasteiger partial charge < -0.3 is 9.15 Å². The molecule has 7 nitrogen and oxygen atoms in total. The number of aryl methyl sites for hydroxylation is 1. The summed E-state index contributed by atoms with van der Waals surface area (Å²) in [6, 6.07) is 9.91. The molecule has 9 heteroatoms. The lowest BCUT2D eigenvalue weighted by Crippen LogP contribution is -2.29. The van der Waals surface area contributed by atoms with Gasteiger partial charge in [0.15, 0.2) is 5.43 Å². The Kier molecular flexibility index (Phi) is 5.26. The number of aromatic nitrogens is 2. The summed E-state index contributed by atoms with van der Waals surface area (Å²) in [4.78, 5) is 28.4. The first-order valence-electron chi connectivity index (χ1n) is 10.3. The van der Waals surface area contributed by atoms with E-state index in [1.807, 2.05) is 6.92 Å². The minimum Gasteiger partial charge on any atom is -0.490 e. The molecule has 1 unspecified atom stereocenters. The fraction of sp³-hybridized carbons (Fsp3) is 0.167. The van der Waals surface area contributed by atoms with Gasteiger partial charge in [-0.2, -0.15) is 0 Å². The van der Waals surface area contributed by atoms with Gasteiger partial charge in [0.2, 0.25) is 10.9 Å². The smallest absolute Gasteiger partial charge is 0.297 e. The van der Waals surface area contributed by atoms with Crippen LogP contribution in [0.4, 0.5) is 9.52 Å². The maximum atomic E-state index is 13.9. The maximum Gasteiger partial charge on any atom is 0.297 e. The predicted octanol–water partition coefficient (Wildman–Crippen LogP) is 4.66. The fourth-order valence-corrected chi connectivity index (χ4v) is 4.68. The van der Waals surface area contributed by atoms with Crippen molar-refractivity contribution in [2.24, 2.45) is 0 Å². The lowest BCUT2D eigenvalue weighted by Gasteiger charge is -2.22. The maximum absolute atomic E-state index is 13.9. The van der Waals surface area contributed by atoms with Crippen LogP contribution in [0.25, 0.3) is 11.0 Å². The normalized spacial score (nSPS) is 15.2. The Bertz CT molecular complexity index is 1460. The zero-order valence-corrected chi connectivity index (χ0v) is 18.4. The van der Waals surface area contributed by atoms with E-state index >= 15 is 0 Å². The van der Waals surface area contributed by atoms with Gasteiger partial charge in [0.1, 0.15) is 28.8 Å². The molecule has 1 aliphatic heterocycles. The quantitative estimate of drug-likeness (QED) is 0.387. The summed E-state index contributed by atoms with van der Waals surface area (Å²) in [6.45, 7) is 5.89. The van der Waals surface area contributed by atoms with Crippen molar-refractivity contribution in [3.63, 3.8) is 0 Å². The number of halogens is 1. The van der Waals surface area contributed by atoms with Crippen molar-refractivity contribution in [3.8, 4) is 5.75 Å². The largest absolute Gasteiger partial charge is 0.490 e. The topological polar surface area (TPSA) is 85.5 Å². The highest BCUT2D eigenvalue weighted by Crippen LogP contribution is 2.42. The highest BCUT2D eigenvalue weighted by atomic mass is 32.1. The number of hydrogen-bond acceptors (Lipinski definition) is 7. The van der Waals surface area contributed by atoms with Gasteiger partial charge in [0.05, 0.1) is 17.0 Å². The van der Waals surface area contributed by atoms with Crippen LogP contribution >= 0.6 is 11.3 Å². The second-order valence-corrected chi connectivity index (χ2v) is 8.44. The lowest BCUT2D eigenvalue weighted by molar-refractivity contribution is 0.0970. The number of fused-ring (bicyclic) bond motifs is 2. The molecular formula is C24H18FN3O4S. The molecule has 1 aliphatic rings. The summed E-state index contributed by atoms with van der Waals surface area (Å²) < 4.78 is 25.4. The standard InChI is InChI=1S/C24H18FN3O4S/c1-3-10-31-15-7-5-6-13(11-15)20-19-21(29)16-12-14(25)8-9-17(16)32-22(19)23(30)28(20)24-27-26-18(4-2)33-24/h3,5-9,11-12,20H,1,4,10H2,2H3. The van der Waals surface area contributed by atoms with E-state index in [-0.39, 0.29) is 22.3 Å². The van der Waals surface area contributed by atoms with Crippen molar-refractivity contribution >= 4 is 33.3 Å². The molecule has 2 aromatic carbocycles. The van der Waals surface area contributed by atoms with E-state index in [9.17, 15) is 14.0 Å².